The monoisotopic (exact) mass is 392 g/mol. The van der Waals surface area contributed by atoms with E-state index in [4.69, 9.17) is 9.47 Å². The van der Waals surface area contributed by atoms with E-state index in [-0.39, 0.29) is 41.1 Å². The predicted molar refractivity (Wildman–Crippen MR) is 105 cm³/mol. The Morgan fingerprint density at radius 2 is 1.21 bits per heavy atom. The lowest BCUT2D eigenvalue weighted by Gasteiger charge is -2.22. The SMILES string of the molecule is O=C1CCC(C2(CCCCC(O)CCCCC3(C4CCC(=O)O4)CC3)CC2)O1. The predicted octanol–water partition coefficient (Wildman–Crippen LogP) is 4.44. The van der Waals surface area contributed by atoms with Crippen LogP contribution in [0.25, 0.3) is 0 Å². The number of aliphatic hydroxyl groups is 1. The standard InChI is InChI=1S/C23H36O5/c24-17(5-1-3-11-22(13-14-22)18-7-9-20(25)27-18)6-2-4-12-23(15-16-23)19-8-10-21(26)28-19/h17-19,24H,1-16H2. The molecule has 0 bridgehead atoms. The van der Waals surface area contributed by atoms with Crippen LogP contribution in [0.3, 0.4) is 0 Å². The van der Waals surface area contributed by atoms with Gasteiger partial charge in [-0.05, 0) is 64.2 Å². The molecule has 2 aliphatic heterocycles. The van der Waals surface area contributed by atoms with Gasteiger partial charge in [0.2, 0.25) is 0 Å². The van der Waals surface area contributed by atoms with E-state index < -0.39 is 0 Å². The quantitative estimate of drug-likeness (QED) is 0.393. The van der Waals surface area contributed by atoms with Gasteiger partial charge >= 0.3 is 11.9 Å². The van der Waals surface area contributed by atoms with Gasteiger partial charge in [0.15, 0.2) is 0 Å². The van der Waals surface area contributed by atoms with Gasteiger partial charge in [0.25, 0.3) is 0 Å². The summed E-state index contributed by atoms with van der Waals surface area (Å²) in [6.07, 6.45) is 16.3. The molecular weight excluding hydrogens is 356 g/mol. The molecule has 4 fully saturated rings. The Labute approximate surface area is 168 Å². The van der Waals surface area contributed by atoms with Crippen molar-refractivity contribution in [2.24, 2.45) is 10.8 Å². The smallest absolute Gasteiger partial charge is 0.306 e. The molecule has 4 aliphatic rings. The van der Waals surface area contributed by atoms with Crippen molar-refractivity contribution in [1.29, 1.82) is 0 Å². The Morgan fingerprint density at radius 1 is 0.786 bits per heavy atom. The average molecular weight is 393 g/mol. The molecule has 5 nitrogen and oxygen atoms in total. The number of hydrogen-bond donors (Lipinski definition) is 1. The highest BCUT2D eigenvalue weighted by Crippen LogP contribution is 2.57. The Kier molecular flexibility index (Phi) is 6.01. The number of carbonyl (C=O) groups is 2. The lowest BCUT2D eigenvalue weighted by Crippen LogP contribution is -2.22. The van der Waals surface area contributed by atoms with Gasteiger partial charge in [0.1, 0.15) is 12.2 Å². The third kappa shape index (κ3) is 4.72. The van der Waals surface area contributed by atoms with Gasteiger partial charge in [-0.3, -0.25) is 9.59 Å². The van der Waals surface area contributed by atoms with Crippen molar-refractivity contribution in [1.82, 2.24) is 0 Å². The van der Waals surface area contributed by atoms with Crippen molar-refractivity contribution >= 4 is 11.9 Å². The summed E-state index contributed by atoms with van der Waals surface area (Å²) in [6.45, 7) is 0. The van der Waals surface area contributed by atoms with Crippen molar-refractivity contribution in [2.75, 3.05) is 0 Å². The van der Waals surface area contributed by atoms with Gasteiger partial charge in [-0.1, -0.05) is 25.7 Å². The zero-order chi connectivity index (χ0) is 19.6. The molecule has 1 N–H and O–H groups in total. The highest BCUT2D eigenvalue weighted by molar-refractivity contribution is 5.72. The molecule has 4 rings (SSSR count). The number of ether oxygens (including phenoxy) is 2. The largest absolute Gasteiger partial charge is 0.462 e. The fraction of sp³-hybridized carbons (Fsp3) is 0.913. The van der Waals surface area contributed by atoms with Crippen LogP contribution in [0.4, 0.5) is 0 Å². The second-order valence-electron chi connectivity index (χ2n) is 9.90. The highest BCUT2D eigenvalue weighted by atomic mass is 16.6. The number of cyclic esters (lactones) is 2. The number of rotatable bonds is 12. The molecule has 2 saturated carbocycles. The molecule has 0 aromatic rings. The summed E-state index contributed by atoms with van der Waals surface area (Å²) in [5.41, 5.74) is 0.554. The average Bonchev–Trinajstić information content (AvgIpc) is 3.56. The van der Waals surface area contributed by atoms with E-state index in [0.717, 1.165) is 64.2 Å². The van der Waals surface area contributed by atoms with Gasteiger partial charge in [-0.25, -0.2) is 0 Å². The first kappa shape index (κ1) is 20.2. The van der Waals surface area contributed by atoms with Crippen LogP contribution in [0.15, 0.2) is 0 Å². The first-order valence-electron chi connectivity index (χ1n) is 11.6. The topological polar surface area (TPSA) is 72.8 Å². The van der Waals surface area contributed by atoms with Gasteiger partial charge in [0, 0.05) is 23.7 Å². The van der Waals surface area contributed by atoms with Crippen molar-refractivity contribution in [3.8, 4) is 0 Å². The molecule has 158 valence electrons. The maximum Gasteiger partial charge on any atom is 0.306 e. The summed E-state index contributed by atoms with van der Waals surface area (Å²) >= 11 is 0. The number of unbranched alkanes of at least 4 members (excludes halogenated alkanes) is 2. The van der Waals surface area contributed by atoms with E-state index >= 15 is 0 Å². The molecule has 28 heavy (non-hydrogen) atoms. The van der Waals surface area contributed by atoms with Crippen LogP contribution >= 0.6 is 0 Å². The maximum atomic E-state index is 11.4. The van der Waals surface area contributed by atoms with Crippen LogP contribution in [0.2, 0.25) is 0 Å². The van der Waals surface area contributed by atoms with Gasteiger partial charge in [-0.15, -0.1) is 0 Å². The molecule has 2 heterocycles. The van der Waals surface area contributed by atoms with E-state index in [1.807, 2.05) is 0 Å². The summed E-state index contributed by atoms with van der Waals surface area (Å²) in [5, 5.41) is 10.3. The number of esters is 2. The van der Waals surface area contributed by atoms with E-state index in [1.165, 1.54) is 25.7 Å². The van der Waals surface area contributed by atoms with Gasteiger partial charge in [0.05, 0.1) is 6.10 Å². The minimum Gasteiger partial charge on any atom is -0.462 e. The van der Waals surface area contributed by atoms with Crippen molar-refractivity contribution < 1.29 is 24.2 Å². The molecule has 2 aliphatic carbocycles. The second-order valence-corrected chi connectivity index (χ2v) is 9.90. The molecule has 0 spiro atoms. The summed E-state index contributed by atoms with van der Waals surface area (Å²) < 4.78 is 11.0. The Balaban J connectivity index is 1.05. The van der Waals surface area contributed by atoms with Crippen LogP contribution in [0.5, 0.6) is 0 Å². The van der Waals surface area contributed by atoms with Crippen LogP contribution in [0.1, 0.15) is 103 Å². The van der Waals surface area contributed by atoms with Crippen LogP contribution in [0, 0.1) is 10.8 Å². The van der Waals surface area contributed by atoms with E-state index in [2.05, 4.69) is 0 Å². The van der Waals surface area contributed by atoms with Crippen molar-refractivity contribution in [3.63, 3.8) is 0 Å². The lowest BCUT2D eigenvalue weighted by molar-refractivity contribution is -0.144. The minimum atomic E-state index is -0.195. The van der Waals surface area contributed by atoms with Gasteiger partial charge < -0.3 is 14.6 Å². The first-order chi connectivity index (χ1) is 13.5. The van der Waals surface area contributed by atoms with E-state index in [0.29, 0.717) is 12.8 Å². The molecule has 5 heteroatoms. The van der Waals surface area contributed by atoms with Crippen LogP contribution in [-0.4, -0.2) is 35.4 Å². The molecular formula is C23H36O5. The fourth-order valence-corrected chi connectivity index (χ4v) is 5.56. The fourth-order valence-electron chi connectivity index (χ4n) is 5.56. The zero-order valence-electron chi connectivity index (χ0n) is 17.1. The Bertz CT molecular complexity index is 528. The Morgan fingerprint density at radius 3 is 1.54 bits per heavy atom. The Hall–Kier alpha value is -1.10. The molecule has 0 aromatic carbocycles. The third-order valence-electron chi connectivity index (χ3n) is 7.84. The summed E-state index contributed by atoms with van der Waals surface area (Å²) in [6, 6.07) is 0. The zero-order valence-corrected chi connectivity index (χ0v) is 17.1. The number of hydrogen-bond acceptors (Lipinski definition) is 5. The maximum absolute atomic E-state index is 11.4. The molecule has 0 aromatic heterocycles. The molecule has 0 radical (unpaired) electrons. The van der Waals surface area contributed by atoms with Crippen LogP contribution in [-0.2, 0) is 19.1 Å². The minimum absolute atomic E-state index is 0.0224. The van der Waals surface area contributed by atoms with E-state index in [9.17, 15) is 14.7 Å². The molecule has 2 unspecified atom stereocenters. The van der Waals surface area contributed by atoms with Gasteiger partial charge in [-0.2, -0.15) is 0 Å². The number of aliphatic hydroxyl groups excluding tert-OH is 1. The number of carbonyl (C=O) groups excluding carboxylic acids is 2. The summed E-state index contributed by atoms with van der Waals surface area (Å²) in [4.78, 5) is 22.7. The molecule has 2 saturated heterocycles. The van der Waals surface area contributed by atoms with Crippen LogP contribution < -0.4 is 0 Å². The normalized spacial score (nSPS) is 30.8. The molecule has 0 amide bonds. The van der Waals surface area contributed by atoms with Crippen molar-refractivity contribution in [2.45, 2.75) is 121 Å². The summed E-state index contributed by atoms with van der Waals surface area (Å²) in [5.74, 6) is -0.0449. The highest BCUT2D eigenvalue weighted by Gasteiger charge is 2.53. The lowest BCUT2D eigenvalue weighted by atomic mass is 9.89. The summed E-state index contributed by atoms with van der Waals surface area (Å²) in [7, 11) is 0. The molecule has 2 atom stereocenters. The second kappa shape index (κ2) is 8.33. The van der Waals surface area contributed by atoms with Crippen molar-refractivity contribution in [3.05, 3.63) is 0 Å². The first-order valence-corrected chi connectivity index (χ1v) is 11.6. The van der Waals surface area contributed by atoms with E-state index in [1.54, 1.807) is 0 Å². The third-order valence-corrected chi connectivity index (χ3v) is 7.84.